The number of rotatable bonds is 5. The van der Waals surface area contributed by atoms with Gasteiger partial charge in [-0.1, -0.05) is 18.5 Å². The normalized spacial score (nSPS) is 10.3. The van der Waals surface area contributed by atoms with Crippen LogP contribution in [0.3, 0.4) is 0 Å². The summed E-state index contributed by atoms with van der Waals surface area (Å²) in [5, 5.41) is 7.13. The van der Waals surface area contributed by atoms with Crippen molar-refractivity contribution in [1.29, 1.82) is 0 Å². The first kappa shape index (κ1) is 13.8. The second-order valence-corrected chi connectivity index (χ2v) is 4.29. The molecule has 5 nitrogen and oxygen atoms in total. The minimum absolute atomic E-state index is 0.0256. The molecule has 0 aliphatic carbocycles. The van der Waals surface area contributed by atoms with Crippen molar-refractivity contribution < 1.29 is 9.47 Å². The van der Waals surface area contributed by atoms with Crippen molar-refractivity contribution in [2.24, 2.45) is 0 Å². The van der Waals surface area contributed by atoms with Gasteiger partial charge in [-0.3, -0.25) is 0 Å². The molecular weight excluding hydrogens is 289 g/mol. The van der Waals surface area contributed by atoms with Gasteiger partial charge in [-0.25, -0.2) is 0 Å². The molecule has 0 aliphatic heterocycles. The molecule has 2 rings (SSSR count). The number of benzene rings is 1. The molecule has 0 atom stereocenters. The van der Waals surface area contributed by atoms with Crippen LogP contribution in [0.15, 0.2) is 24.3 Å². The lowest BCUT2D eigenvalue weighted by Gasteiger charge is -2.07. The van der Waals surface area contributed by atoms with Gasteiger partial charge in [-0.2, -0.15) is 4.98 Å². The fraction of sp³-hybridized carbons (Fsp3) is 0.250. The predicted molar refractivity (Wildman–Crippen MR) is 72.1 cm³/mol. The van der Waals surface area contributed by atoms with Gasteiger partial charge in [-0.15, -0.1) is 10.2 Å². The van der Waals surface area contributed by atoms with Crippen LogP contribution in [0.2, 0.25) is 10.4 Å². The van der Waals surface area contributed by atoms with Gasteiger partial charge in [-0.05, 0) is 42.3 Å². The van der Waals surface area contributed by atoms with E-state index in [4.69, 9.17) is 32.7 Å². The summed E-state index contributed by atoms with van der Waals surface area (Å²) < 4.78 is 10.9. The first-order chi connectivity index (χ1) is 9.19. The molecule has 0 bridgehead atoms. The molecule has 0 saturated heterocycles. The quantitative estimate of drug-likeness (QED) is 0.841. The van der Waals surface area contributed by atoms with E-state index in [1.165, 1.54) is 0 Å². The van der Waals surface area contributed by atoms with Gasteiger partial charge in [0.05, 0.1) is 6.61 Å². The van der Waals surface area contributed by atoms with Gasteiger partial charge in [0, 0.05) is 0 Å². The highest BCUT2D eigenvalue weighted by atomic mass is 35.5. The van der Waals surface area contributed by atoms with Crippen LogP contribution in [0.25, 0.3) is 0 Å². The van der Waals surface area contributed by atoms with Gasteiger partial charge >= 0.3 is 0 Å². The van der Waals surface area contributed by atoms with E-state index in [9.17, 15) is 0 Å². The Morgan fingerprint density at radius 2 is 1.74 bits per heavy atom. The molecular formula is C12H11Cl2N3O2. The fourth-order valence-electron chi connectivity index (χ4n) is 1.28. The van der Waals surface area contributed by atoms with E-state index >= 15 is 0 Å². The zero-order valence-electron chi connectivity index (χ0n) is 10.1. The standard InChI is InChI=1S/C12H11Cl2N3O2/c1-2-7-18-8-3-5-9(6-4-8)19-11-10(13)16-17-12(14)15-11/h3-6H,2,7H2,1H3. The van der Waals surface area contributed by atoms with E-state index in [1.807, 2.05) is 6.92 Å². The summed E-state index contributed by atoms with van der Waals surface area (Å²) in [4.78, 5) is 3.85. The van der Waals surface area contributed by atoms with Crippen LogP contribution in [0.1, 0.15) is 13.3 Å². The smallest absolute Gasteiger partial charge is 0.262 e. The minimum atomic E-state index is -0.0256. The molecule has 0 fully saturated rings. The van der Waals surface area contributed by atoms with Gasteiger partial charge in [0.15, 0.2) is 0 Å². The average Bonchev–Trinajstić information content (AvgIpc) is 2.42. The highest BCUT2D eigenvalue weighted by Gasteiger charge is 2.08. The maximum Gasteiger partial charge on any atom is 0.262 e. The Morgan fingerprint density at radius 1 is 1.05 bits per heavy atom. The van der Waals surface area contributed by atoms with Crippen molar-refractivity contribution >= 4 is 23.2 Å². The maximum absolute atomic E-state index is 5.80. The molecule has 0 amide bonds. The predicted octanol–water partition coefficient (Wildman–Crippen LogP) is 3.76. The van der Waals surface area contributed by atoms with Crippen molar-refractivity contribution in [1.82, 2.24) is 15.2 Å². The van der Waals surface area contributed by atoms with Gasteiger partial charge in [0.25, 0.3) is 5.88 Å². The molecule has 1 aromatic heterocycles. The zero-order valence-corrected chi connectivity index (χ0v) is 11.6. The molecule has 19 heavy (non-hydrogen) atoms. The number of hydrogen-bond acceptors (Lipinski definition) is 5. The number of halogens is 2. The van der Waals surface area contributed by atoms with Gasteiger partial charge in [0.1, 0.15) is 11.5 Å². The number of nitrogens with zero attached hydrogens (tertiary/aromatic N) is 3. The van der Waals surface area contributed by atoms with Crippen LogP contribution >= 0.6 is 23.2 Å². The van der Waals surface area contributed by atoms with E-state index in [1.54, 1.807) is 24.3 Å². The van der Waals surface area contributed by atoms with Gasteiger partial charge in [0.2, 0.25) is 10.4 Å². The molecule has 0 aliphatic rings. The molecule has 0 N–H and O–H groups in total. The van der Waals surface area contributed by atoms with Crippen molar-refractivity contribution in [3.05, 3.63) is 34.7 Å². The Balaban J connectivity index is 2.08. The van der Waals surface area contributed by atoms with Crippen LogP contribution < -0.4 is 9.47 Å². The Bertz CT molecular complexity index is 549. The Morgan fingerprint density at radius 3 is 2.42 bits per heavy atom. The summed E-state index contributed by atoms with van der Waals surface area (Å²) >= 11 is 11.4. The summed E-state index contributed by atoms with van der Waals surface area (Å²) in [5.74, 6) is 1.45. The second-order valence-electron chi connectivity index (χ2n) is 3.60. The lowest BCUT2D eigenvalue weighted by Crippen LogP contribution is -1.96. The number of aromatic nitrogens is 3. The first-order valence-corrected chi connectivity index (χ1v) is 6.41. The van der Waals surface area contributed by atoms with Crippen LogP contribution in [-0.4, -0.2) is 21.8 Å². The molecule has 100 valence electrons. The fourth-order valence-corrected chi connectivity index (χ4v) is 1.51. The monoisotopic (exact) mass is 299 g/mol. The van der Waals surface area contributed by atoms with Crippen molar-refractivity contribution in [2.75, 3.05) is 6.61 Å². The number of ether oxygens (including phenoxy) is 2. The van der Waals surface area contributed by atoms with E-state index in [0.717, 1.165) is 12.2 Å². The first-order valence-electron chi connectivity index (χ1n) is 5.65. The van der Waals surface area contributed by atoms with Crippen LogP contribution in [0, 0.1) is 0 Å². The maximum atomic E-state index is 5.80. The molecule has 2 aromatic rings. The lowest BCUT2D eigenvalue weighted by atomic mass is 10.3. The van der Waals surface area contributed by atoms with Gasteiger partial charge < -0.3 is 9.47 Å². The minimum Gasteiger partial charge on any atom is -0.494 e. The zero-order chi connectivity index (χ0) is 13.7. The molecule has 1 heterocycles. The lowest BCUT2D eigenvalue weighted by molar-refractivity contribution is 0.317. The molecule has 0 radical (unpaired) electrons. The second kappa shape index (κ2) is 6.54. The summed E-state index contributed by atoms with van der Waals surface area (Å²) in [6.07, 6.45) is 0.957. The van der Waals surface area contributed by atoms with Crippen LogP contribution in [0.4, 0.5) is 0 Å². The highest BCUT2D eigenvalue weighted by Crippen LogP contribution is 2.27. The van der Waals surface area contributed by atoms with E-state index in [0.29, 0.717) is 12.4 Å². The van der Waals surface area contributed by atoms with Crippen LogP contribution in [-0.2, 0) is 0 Å². The van der Waals surface area contributed by atoms with Crippen molar-refractivity contribution in [3.8, 4) is 17.4 Å². The Hall–Kier alpha value is -1.59. The molecule has 0 saturated carbocycles. The topological polar surface area (TPSA) is 57.1 Å². The third-order valence-corrected chi connectivity index (χ3v) is 2.50. The Kier molecular flexibility index (Phi) is 4.76. The van der Waals surface area contributed by atoms with Crippen molar-refractivity contribution in [3.63, 3.8) is 0 Å². The molecule has 7 heteroatoms. The third-order valence-electron chi connectivity index (χ3n) is 2.10. The molecule has 0 unspecified atom stereocenters. The summed E-state index contributed by atoms with van der Waals surface area (Å²) in [6.45, 7) is 2.72. The molecule has 1 aromatic carbocycles. The highest BCUT2D eigenvalue weighted by molar-refractivity contribution is 6.31. The van der Waals surface area contributed by atoms with Crippen molar-refractivity contribution in [2.45, 2.75) is 13.3 Å². The number of hydrogen-bond donors (Lipinski definition) is 0. The third kappa shape index (κ3) is 3.94. The van der Waals surface area contributed by atoms with E-state index in [2.05, 4.69) is 15.2 Å². The SMILES string of the molecule is CCCOc1ccc(Oc2nc(Cl)nnc2Cl)cc1. The van der Waals surface area contributed by atoms with E-state index < -0.39 is 0 Å². The summed E-state index contributed by atoms with van der Waals surface area (Å²) in [7, 11) is 0. The van der Waals surface area contributed by atoms with Crippen LogP contribution in [0.5, 0.6) is 17.4 Å². The average molecular weight is 300 g/mol. The Labute approximate surface area is 120 Å². The summed E-state index contributed by atoms with van der Waals surface area (Å²) in [6, 6.07) is 7.10. The largest absolute Gasteiger partial charge is 0.494 e. The summed E-state index contributed by atoms with van der Waals surface area (Å²) in [5.41, 5.74) is 0. The molecule has 0 spiro atoms. The van der Waals surface area contributed by atoms with E-state index in [-0.39, 0.29) is 16.3 Å².